The molecule has 51 heavy (non-hydrogen) atoms. The number of nitrogens with two attached hydrogens (primary N) is 2. The van der Waals surface area contributed by atoms with E-state index in [1.807, 2.05) is 66.7 Å². The van der Waals surface area contributed by atoms with Crippen LogP contribution in [0.1, 0.15) is 27.0 Å². The Hall–Kier alpha value is -6.56. The van der Waals surface area contributed by atoms with Gasteiger partial charge in [-0.1, -0.05) is 66.7 Å². The lowest BCUT2D eigenvalue weighted by Gasteiger charge is -2.17. The number of phenolic OH excluding ortho intramolecular Hbond substituents is 2. The number of ketones is 1. The fraction of sp³-hybridized carbons (Fsp3) is 0.100. The molecule has 6 aromatic rings. The molecule has 1 heterocycles. The number of rotatable bonds is 12. The summed E-state index contributed by atoms with van der Waals surface area (Å²) in [5, 5.41) is 46.5. The first kappa shape index (κ1) is 34.3. The van der Waals surface area contributed by atoms with E-state index >= 15 is 0 Å². The van der Waals surface area contributed by atoms with Crippen LogP contribution in [0, 0.1) is 0 Å². The van der Waals surface area contributed by atoms with Crippen molar-refractivity contribution in [3.05, 3.63) is 138 Å². The van der Waals surface area contributed by atoms with Crippen molar-refractivity contribution in [3.63, 3.8) is 0 Å². The Bertz CT molecular complexity index is 2310. The number of aromatic nitrogens is 2. The van der Waals surface area contributed by atoms with Gasteiger partial charge in [-0.3, -0.25) is 14.4 Å². The van der Waals surface area contributed by atoms with Crippen LogP contribution >= 0.6 is 0 Å². The summed E-state index contributed by atoms with van der Waals surface area (Å²) in [6, 6.07) is 27.2. The maximum atomic E-state index is 13.7. The van der Waals surface area contributed by atoms with Gasteiger partial charge in [-0.2, -0.15) is 5.10 Å². The minimum absolute atomic E-state index is 0.00524. The van der Waals surface area contributed by atoms with Crippen molar-refractivity contribution in [2.75, 3.05) is 0 Å². The number of fused-ring (bicyclic) bond motifs is 1. The van der Waals surface area contributed by atoms with E-state index in [4.69, 9.17) is 16.6 Å². The van der Waals surface area contributed by atoms with Gasteiger partial charge in [0, 0.05) is 22.9 Å². The zero-order valence-electron chi connectivity index (χ0n) is 27.2. The van der Waals surface area contributed by atoms with Crippen molar-refractivity contribution in [3.8, 4) is 39.6 Å². The average Bonchev–Trinajstić information content (AvgIpc) is 3.55. The van der Waals surface area contributed by atoms with Crippen LogP contribution in [0.15, 0.2) is 115 Å². The van der Waals surface area contributed by atoms with Crippen LogP contribution in [-0.2, 0) is 22.4 Å². The molecule has 256 valence electrons. The van der Waals surface area contributed by atoms with Crippen molar-refractivity contribution in [2.45, 2.75) is 24.9 Å². The van der Waals surface area contributed by atoms with E-state index in [0.29, 0.717) is 39.1 Å². The number of hydrogen-bond acceptors (Lipinski definition) is 8. The summed E-state index contributed by atoms with van der Waals surface area (Å²) < 4.78 is 1.68. The third-order valence-corrected chi connectivity index (χ3v) is 8.60. The number of aromatic hydroxyl groups is 2. The van der Waals surface area contributed by atoms with Crippen molar-refractivity contribution in [1.29, 1.82) is 0 Å². The highest BCUT2D eigenvalue weighted by atomic mass is 16.4. The topological polar surface area (TPSA) is 202 Å². The molecule has 0 aliphatic heterocycles. The summed E-state index contributed by atoms with van der Waals surface area (Å²) >= 11 is 0. The molecule has 0 saturated heterocycles. The van der Waals surface area contributed by atoms with Gasteiger partial charge in [0.1, 0.15) is 29.3 Å². The quantitative estimate of drug-likeness (QED) is 0.0699. The predicted octanol–water partition coefficient (Wildman–Crippen LogP) is 5.58. The molecule has 6 rings (SSSR count). The van der Waals surface area contributed by atoms with Gasteiger partial charge in [0.05, 0.1) is 5.69 Å². The highest BCUT2D eigenvalue weighted by molar-refractivity contribution is 6.10. The molecule has 0 aliphatic rings. The van der Waals surface area contributed by atoms with Gasteiger partial charge in [0.15, 0.2) is 5.78 Å². The molecule has 8 N–H and O–H groups in total. The van der Waals surface area contributed by atoms with E-state index in [9.17, 15) is 34.8 Å². The Morgan fingerprint density at radius 3 is 2.06 bits per heavy atom. The second kappa shape index (κ2) is 14.5. The van der Waals surface area contributed by atoms with Gasteiger partial charge in [0.25, 0.3) is 0 Å². The van der Waals surface area contributed by atoms with Crippen molar-refractivity contribution in [1.82, 2.24) is 9.78 Å². The summed E-state index contributed by atoms with van der Waals surface area (Å²) in [6.07, 6.45) is 4.57. The van der Waals surface area contributed by atoms with E-state index < -0.39 is 29.8 Å². The Kier molecular flexibility index (Phi) is 9.76. The Balaban J connectivity index is 1.56. The third kappa shape index (κ3) is 7.39. The van der Waals surface area contributed by atoms with Crippen LogP contribution in [0.4, 0.5) is 0 Å². The molecular weight excluding hydrogens is 648 g/mol. The molecule has 5 aromatic carbocycles. The fourth-order valence-electron chi connectivity index (χ4n) is 6.04. The third-order valence-electron chi connectivity index (χ3n) is 8.60. The minimum atomic E-state index is -1.25. The first-order valence-corrected chi connectivity index (χ1v) is 16.0. The molecule has 0 spiro atoms. The number of para-hydroxylation sites is 1. The van der Waals surface area contributed by atoms with Crippen molar-refractivity contribution < 1.29 is 34.8 Å². The number of allylic oxidation sites excluding steroid dienone is 1. The lowest BCUT2D eigenvalue weighted by molar-refractivity contribution is -0.139. The van der Waals surface area contributed by atoms with Crippen LogP contribution in [0.5, 0.6) is 11.5 Å². The number of nitrogens with zero attached hydrogens (tertiary/aromatic N) is 2. The molecule has 1 aromatic heterocycles. The van der Waals surface area contributed by atoms with Crippen LogP contribution in [0.3, 0.4) is 0 Å². The van der Waals surface area contributed by atoms with Crippen molar-refractivity contribution in [2.24, 2.45) is 11.5 Å². The lowest BCUT2D eigenvalue weighted by atomic mass is 9.87. The number of aliphatic carboxylic acids is 2. The number of carboxylic acid groups (broad SMARTS) is 2. The summed E-state index contributed by atoms with van der Waals surface area (Å²) in [7, 11) is 0. The van der Waals surface area contributed by atoms with E-state index in [1.54, 1.807) is 29.1 Å². The SMILES string of the molecule is NC(Cc1ccc(O)cc1C(=O)/C=C/c1cn(-c2ccccc2)nc1-c1c(-c2cc(O)ccc2CC(N)C(=O)O)ccc2ccccc12)C(=O)O. The van der Waals surface area contributed by atoms with Crippen LogP contribution in [-0.4, -0.2) is 60.0 Å². The summed E-state index contributed by atoms with van der Waals surface area (Å²) in [5.74, 6) is -3.07. The maximum absolute atomic E-state index is 13.7. The Morgan fingerprint density at radius 2 is 1.35 bits per heavy atom. The number of carboxylic acids is 2. The number of carbonyl (C=O) groups is 3. The maximum Gasteiger partial charge on any atom is 0.320 e. The van der Waals surface area contributed by atoms with E-state index in [1.165, 1.54) is 30.3 Å². The van der Waals surface area contributed by atoms with Crippen LogP contribution in [0.25, 0.3) is 44.9 Å². The van der Waals surface area contributed by atoms with E-state index in [2.05, 4.69) is 0 Å². The Morgan fingerprint density at radius 1 is 0.725 bits per heavy atom. The monoisotopic (exact) mass is 682 g/mol. The lowest BCUT2D eigenvalue weighted by Crippen LogP contribution is -2.32. The van der Waals surface area contributed by atoms with Gasteiger partial charge in [0.2, 0.25) is 0 Å². The highest BCUT2D eigenvalue weighted by Crippen LogP contribution is 2.42. The van der Waals surface area contributed by atoms with Crippen LogP contribution in [0.2, 0.25) is 0 Å². The summed E-state index contributed by atoms with van der Waals surface area (Å²) in [6.45, 7) is 0. The molecular formula is C40H34N4O7. The van der Waals surface area contributed by atoms with Gasteiger partial charge in [-0.25, -0.2) is 4.68 Å². The largest absolute Gasteiger partial charge is 0.508 e. The smallest absolute Gasteiger partial charge is 0.320 e. The number of benzene rings is 5. The second-order valence-electron chi connectivity index (χ2n) is 12.1. The summed E-state index contributed by atoms with van der Waals surface area (Å²) in [4.78, 5) is 36.9. The molecule has 2 unspecified atom stereocenters. The van der Waals surface area contributed by atoms with Gasteiger partial charge < -0.3 is 31.9 Å². The number of hydrogen-bond donors (Lipinski definition) is 6. The minimum Gasteiger partial charge on any atom is -0.508 e. The molecule has 11 heteroatoms. The van der Waals surface area contributed by atoms with Gasteiger partial charge in [-0.05, 0) is 94.4 Å². The Labute approximate surface area is 292 Å². The highest BCUT2D eigenvalue weighted by Gasteiger charge is 2.23. The second-order valence-corrected chi connectivity index (χ2v) is 12.1. The van der Waals surface area contributed by atoms with Gasteiger partial charge >= 0.3 is 11.9 Å². The zero-order chi connectivity index (χ0) is 36.2. The molecule has 0 fully saturated rings. The van der Waals surface area contributed by atoms with Gasteiger partial charge in [-0.15, -0.1) is 0 Å². The summed E-state index contributed by atoms with van der Waals surface area (Å²) in [5.41, 5.74) is 16.5. The molecule has 0 aliphatic carbocycles. The first-order valence-electron chi connectivity index (χ1n) is 16.0. The first-order chi connectivity index (χ1) is 24.5. The number of carbonyl (C=O) groups excluding carboxylic acids is 1. The van der Waals surface area contributed by atoms with E-state index in [0.717, 1.165) is 16.5 Å². The average molecular weight is 683 g/mol. The molecule has 2 atom stereocenters. The zero-order valence-corrected chi connectivity index (χ0v) is 27.2. The standard InChI is InChI=1S/C40H34N4O7/c41-34(39(48)49)18-24-10-14-28(45)20-32(24)31-16-12-23-6-4-5-9-30(23)37(31)38-26(22-44(43-38)27-7-2-1-3-8-27)13-17-36(47)33-21-29(46)15-11-25(33)19-35(42)40(50)51/h1-17,20-22,34-35,45-46H,18-19,41-42H2,(H,48,49)(H,50,51)/b17-13+. The molecule has 0 saturated carbocycles. The molecule has 11 nitrogen and oxygen atoms in total. The molecule has 0 amide bonds. The predicted molar refractivity (Wildman–Crippen MR) is 194 cm³/mol. The fourth-order valence-corrected chi connectivity index (χ4v) is 6.04. The van der Waals surface area contributed by atoms with E-state index in [-0.39, 0.29) is 29.9 Å². The molecule has 0 radical (unpaired) electrons. The van der Waals surface area contributed by atoms with Crippen LogP contribution < -0.4 is 11.5 Å². The molecule has 0 bridgehead atoms. The van der Waals surface area contributed by atoms with Crippen molar-refractivity contribution >= 4 is 34.6 Å². The number of phenols is 2. The normalized spacial score (nSPS) is 12.6.